The van der Waals surface area contributed by atoms with Gasteiger partial charge in [-0.15, -0.1) is 0 Å². The van der Waals surface area contributed by atoms with Crippen molar-refractivity contribution in [2.45, 2.75) is 130 Å². The molecule has 0 aliphatic heterocycles. The first-order chi connectivity index (χ1) is 14.9. The highest BCUT2D eigenvalue weighted by atomic mass is 16.5. The fourth-order valence-electron chi connectivity index (χ4n) is 3.56. The van der Waals surface area contributed by atoms with Crippen LogP contribution in [0.4, 0.5) is 0 Å². The van der Waals surface area contributed by atoms with Crippen LogP contribution in [-0.2, 0) is 14.3 Å². The highest BCUT2D eigenvalue weighted by molar-refractivity contribution is 5.75. The summed E-state index contributed by atoms with van der Waals surface area (Å²) in [5.41, 5.74) is 0. The molecule has 0 aromatic rings. The molecule has 0 saturated carbocycles. The van der Waals surface area contributed by atoms with Crippen LogP contribution in [0.25, 0.3) is 0 Å². The number of aliphatic hydroxyl groups excluding tert-OH is 1. The van der Waals surface area contributed by atoms with E-state index in [2.05, 4.69) is 19.2 Å². The van der Waals surface area contributed by atoms with Crippen molar-refractivity contribution in [3.63, 3.8) is 0 Å². The van der Waals surface area contributed by atoms with E-state index in [4.69, 9.17) is 14.6 Å². The van der Waals surface area contributed by atoms with Gasteiger partial charge in [0, 0.05) is 13.0 Å². The molecule has 0 heterocycles. The maximum absolute atomic E-state index is 11.8. The Morgan fingerprint density at radius 3 is 1.81 bits per heavy atom. The molecule has 0 fully saturated rings. The largest absolute Gasteiger partial charge is 0.391 e. The van der Waals surface area contributed by atoms with E-state index >= 15 is 0 Å². The molecule has 31 heavy (non-hydrogen) atoms. The van der Waals surface area contributed by atoms with Crippen molar-refractivity contribution >= 4 is 5.91 Å². The first kappa shape index (κ1) is 30.4. The van der Waals surface area contributed by atoms with E-state index in [1.165, 1.54) is 70.6 Å². The van der Waals surface area contributed by atoms with E-state index < -0.39 is 6.10 Å². The molecule has 0 bridgehead atoms. The first-order valence-electron chi connectivity index (χ1n) is 13.1. The summed E-state index contributed by atoms with van der Waals surface area (Å²) in [6, 6.07) is 0. The van der Waals surface area contributed by atoms with Gasteiger partial charge in [0.2, 0.25) is 5.91 Å². The maximum atomic E-state index is 11.8. The van der Waals surface area contributed by atoms with Crippen molar-refractivity contribution in [1.29, 1.82) is 0 Å². The summed E-state index contributed by atoms with van der Waals surface area (Å²) in [6.07, 6.45) is 17.3. The van der Waals surface area contributed by atoms with Crippen LogP contribution in [0, 0.1) is 5.92 Å². The van der Waals surface area contributed by atoms with Gasteiger partial charge in [0.15, 0.2) is 0 Å². The van der Waals surface area contributed by atoms with E-state index in [0.29, 0.717) is 32.8 Å². The molecule has 0 rings (SSSR count). The van der Waals surface area contributed by atoms with Crippen LogP contribution < -0.4 is 5.32 Å². The van der Waals surface area contributed by atoms with Gasteiger partial charge < -0.3 is 19.9 Å². The zero-order valence-corrected chi connectivity index (χ0v) is 21.1. The van der Waals surface area contributed by atoms with Gasteiger partial charge in [-0.05, 0) is 26.2 Å². The fourth-order valence-corrected chi connectivity index (χ4v) is 3.56. The molecule has 0 aromatic heterocycles. The summed E-state index contributed by atoms with van der Waals surface area (Å²) in [5.74, 6) is 0.979. The number of hydrogen-bond donors (Lipinski definition) is 2. The molecular formula is C26H53NO4. The van der Waals surface area contributed by atoms with Gasteiger partial charge in [-0.1, -0.05) is 90.9 Å². The second-order valence-corrected chi connectivity index (χ2v) is 9.59. The van der Waals surface area contributed by atoms with Crippen molar-refractivity contribution in [3.8, 4) is 0 Å². The molecule has 2 atom stereocenters. The predicted octanol–water partition coefficient (Wildman–Crippen LogP) is 6.02. The smallest absolute Gasteiger partial charge is 0.220 e. The molecule has 0 aromatic carbocycles. The third kappa shape index (κ3) is 25.5. The van der Waals surface area contributed by atoms with Gasteiger partial charge in [0.25, 0.3) is 0 Å². The molecule has 0 radical (unpaired) electrons. The molecule has 186 valence electrons. The Morgan fingerprint density at radius 1 is 0.774 bits per heavy atom. The van der Waals surface area contributed by atoms with E-state index in [1.807, 2.05) is 6.92 Å². The highest BCUT2D eigenvalue weighted by Gasteiger charge is 2.05. The minimum Gasteiger partial charge on any atom is -0.391 e. The number of ether oxygens (including phenoxy) is 2. The van der Waals surface area contributed by atoms with Gasteiger partial charge in [-0.2, -0.15) is 0 Å². The number of amides is 1. The monoisotopic (exact) mass is 443 g/mol. The highest BCUT2D eigenvalue weighted by Crippen LogP contribution is 2.14. The first-order valence-corrected chi connectivity index (χ1v) is 13.1. The van der Waals surface area contributed by atoms with Crippen molar-refractivity contribution < 1.29 is 19.4 Å². The molecule has 0 spiro atoms. The summed E-state index contributed by atoms with van der Waals surface area (Å²) in [7, 11) is 0. The summed E-state index contributed by atoms with van der Waals surface area (Å²) >= 11 is 0. The standard InChI is InChI=1S/C26H53NO4/c1-23(2)17-15-13-11-9-7-5-6-8-10-12-14-16-18-26(29)27-19-20-30-22-25(4)31-21-24(3)28/h23-25,28H,5-22H2,1-4H3,(H,27,29). The Kier molecular flexibility index (Phi) is 22.1. The van der Waals surface area contributed by atoms with Gasteiger partial charge in [0.05, 0.1) is 32.0 Å². The van der Waals surface area contributed by atoms with Crippen LogP contribution in [0.3, 0.4) is 0 Å². The van der Waals surface area contributed by atoms with Crippen LogP contribution in [-0.4, -0.2) is 49.6 Å². The Hall–Kier alpha value is -0.650. The maximum Gasteiger partial charge on any atom is 0.220 e. The third-order valence-corrected chi connectivity index (χ3v) is 5.48. The molecule has 5 heteroatoms. The molecule has 0 aliphatic rings. The number of unbranched alkanes of at least 4 members (excludes halogenated alkanes) is 11. The van der Waals surface area contributed by atoms with Gasteiger partial charge in [-0.3, -0.25) is 4.79 Å². The lowest BCUT2D eigenvalue weighted by Gasteiger charge is -2.14. The van der Waals surface area contributed by atoms with Crippen LogP contribution in [0.2, 0.25) is 0 Å². The quantitative estimate of drug-likeness (QED) is 0.189. The number of aliphatic hydroxyl groups is 1. The third-order valence-electron chi connectivity index (χ3n) is 5.48. The number of nitrogens with one attached hydrogen (secondary N) is 1. The van der Waals surface area contributed by atoms with E-state index in [9.17, 15) is 4.79 Å². The van der Waals surface area contributed by atoms with E-state index in [0.717, 1.165) is 18.8 Å². The Labute approximate surface area is 193 Å². The molecule has 2 unspecified atom stereocenters. The predicted molar refractivity (Wildman–Crippen MR) is 130 cm³/mol. The second-order valence-electron chi connectivity index (χ2n) is 9.59. The van der Waals surface area contributed by atoms with Crippen molar-refractivity contribution in [3.05, 3.63) is 0 Å². The zero-order chi connectivity index (χ0) is 23.2. The van der Waals surface area contributed by atoms with Crippen LogP contribution in [0.1, 0.15) is 118 Å². The molecule has 1 amide bonds. The lowest BCUT2D eigenvalue weighted by Crippen LogP contribution is -2.28. The SMILES string of the molecule is CC(C)CCCCCCCCCCCCCCC(=O)NCCOCC(C)OCC(C)O. The van der Waals surface area contributed by atoms with Gasteiger partial charge in [0.1, 0.15) is 0 Å². The molecule has 5 nitrogen and oxygen atoms in total. The number of rotatable bonds is 23. The second kappa shape index (κ2) is 22.5. The van der Waals surface area contributed by atoms with Gasteiger partial charge >= 0.3 is 0 Å². The number of carbonyl (C=O) groups excluding carboxylic acids is 1. The normalized spacial score (nSPS) is 13.5. The Bertz CT molecular complexity index is 388. The van der Waals surface area contributed by atoms with Gasteiger partial charge in [-0.25, -0.2) is 0 Å². The Balaban J connectivity index is 3.24. The van der Waals surface area contributed by atoms with E-state index in [-0.39, 0.29) is 12.0 Å². The Morgan fingerprint density at radius 2 is 1.29 bits per heavy atom. The van der Waals surface area contributed by atoms with Crippen LogP contribution in [0.5, 0.6) is 0 Å². The summed E-state index contributed by atoms with van der Waals surface area (Å²) < 4.78 is 10.9. The van der Waals surface area contributed by atoms with Crippen molar-refractivity contribution in [2.24, 2.45) is 5.92 Å². The summed E-state index contributed by atoms with van der Waals surface area (Å²) in [6.45, 7) is 10.1. The zero-order valence-electron chi connectivity index (χ0n) is 21.1. The van der Waals surface area contributed by atoms with Crippen molar-refractivity contribution in [2.75, 3.05) is 26.4 Å². The lowest BCUT2D eigenvalue weighted by atomic mass is 10.0. The minimum absolute atomic E-state index is 0.0511. The number of carbonyl (C=O) groups is 1. The van der Waals surface area contributed by atoms with E-state index in [1.54, 1.807) is 6.92 Å². The molecule has 2 N–H and O–H groups in total. The molecule has 0 aliphatic carbocycles. The van der Waals surface area contributed by atoms with Crippen LogP contribution in [0.15, 0.2) is 0 Å². The molecule has 0 saturated heterocycles. The van der Waals surface area contributed by atoms with Crippen LogP contribution >= 0.6 is 0 Å². The van der Waals surface area contributed by atoms with Crippen molar-refractivity contribution in [1.82, 2.24) is 5.32 Å². The fraction of sp³-hybridized carbons (Fsp3) is 0.962. The average Bonchev–Trinajstić information content (AvgIpc) is 2.72. The minimum atomic E-state index is -0.458. The topological polar surface area (TPSA) is 67.8 Å². The summed E-state index contributed by atoms with van der Waals surface area (Å²) in [4.78, 5) is 11.8. The molecular weight excluding hydrogens is 390 g/mol. The number of hydrogen-bond acceptors (Lipinski definition) is 4. The lowest BCUT2D eigenvalue weighted by molar-refractivity contribution is -0.121. The summed E-state index contributed by atoms with van der Waals surface area (Å²) in [5, 5.41) is 12.1. The average molecular weight is 444 g/mol.